The Balaban J connectivity index is 0.00000192. The third-order valence-corrected chi connectivity index (χ3v) is 5.24. The molecule has 3 saturated heterocycles. The summed E-state index contributed by atoms with van der Waals surface area (Å²) in [5, 5.41) is 7.05. The van der Waals surface area contributed by atoms with E-state index in [0.29, 0.717) is 24.3 Å². The molecule has 7 heteroatoms. The van der Waals surface area contributed by atoms with Crippen LogP contribution < -0.4 is 10.6 Å². The van der Waals surface area contributed by atoms with Crippen molar-refractivity contribution in [1.29, 1.82) is 0 Å². The van der Waals surface area contributed by atoms with Crippen LogP contribution in [-0.4, -0.2) is 75.5 Å². The summed E-state index contributed by atoms with van der Waals surface area (Å²) >= 11 is 0. The third kappa shape index (κ3) is 4.93. The number of likely N-dealkylation sites (tertiary alicyclic amines) is 1. The minimum atomic E-state index is 0. The van der Waals surface area contributed by atoms with Crippen molar-refractivity contribution >= 4 is 29.9 Å². The summed E-state index contributed by atoms with van der Waals surface area (Å²) < 4.78 is 11.1. The molecule has 0 radical (unpaired) electrons. The highest BCUT2D eigenvalue weighted by Crippen LogP contribution is 2.34. The van der Waals surface area contributed by atoms with Crippen LogP contribution in [0, 0.1) is 0 Å². The van der Waals surface area contributed by atoms with Gasteiger partial charge < -0.3 is 20.1 Å². The van der Waals surface area contributed by atoms with E-state index in [0.717, 1.165) is 32.1 Å². The van der Waals surface area contributed by atoms with E-state index in [2.05, 4.69) is 20.5 Å². The molecule has 3 aliphatic heterocycles. The average Bonchev–Trinajstić information content (AvgIpc) is 3.25. The molecular formula is C16H31IN4O2. The Morgan fingerprint density at radius 1 is 1.35 bits per heavy atom. The fourth-order valence-electron chi connectivity index (χ4n) is 4.00. The number of methoxy groups -OCH3 is 1. The van der Waals surface area contributed by atoms with Gasteiger partial charge in [-0.1, -0.05) is 0 Å². The molecular weight excluding hydrogens is 407 g/mol. The van der Waals surface area contributed by atoms with Crippen molar-refractivity contribution in [2.75, 3.05) is 40.4 Å². The van der Waals surface area contributed by atoms with E-state index >= 15 is 0 Å². The van der Waals surface area contributed by atoms with Crippen LogP contribution in [0.15, 0.2) is 4.99 Å². The van der Waals surface area contributed by atoms with Crippen LogP contribution in [0.3, 0.4) is 0 Å². The second kappa shape index (κ2) is 9.39. The molecule has 3 rings (SSSR count). The first-order valence-corrected chi connectivity index (χ1v) is 8.65. The van der Waals surface area contributed by atoms with Crippen LogP contribution >= 0.6 is 24.0 Å². The molecule has 4 unspecified atom stereocenters. The molecule has 0 aromatic heterocycles. The van der Waals surface area contributed by atoms with Crippen LogP contribution in [0.1, 0.15) is 32.1 Å². The van der Waals surface area contributed by atoms with Gasteiger partial charge in [-0.25, -0.2) is 0 Å². The number of nitrogens with one attached hydrogen (secondary N) is 2. The third-order valence-electron chi connectivity index (χ3n) is 5.24. The fraction of sp³-hybridized carbons (Fsp3) is 0.938. The zero-order chi connectivity index (χ0) is 15.4. The topological polar surface area (TPSA) is 58.1 Å². The van der Waals surface area contributed by atoms with Crippen molar-refractivity contribution in [1.82, 2.24) is 15.5 Å². The lowest BCUT2D eigenvalue weighted by Gasteiger charge is -2.27. The number of guanidine groups is 1. The molecule has 0 saturated carbocycles. The van der Waals surface area contributed by atoms with Crippen molar-refractivity contribution in [3.8, 4) is 0 Å². The molecule has 4 atom stereocenters. The van der Waals surface area contributed by atoms with E-state index in [1.165, 1.54) is 32.2 Å². The summed E-state index contributed by atoms with van der Waals surface area (Å²) in [6.45, 7) is 3.97. The van der Waals surface area contributed by atoms with Gasteiger partial charge in [-0.15, -0.1) is 24.0 Å². The standard InChI is InChI=1S/C16H30N4O2.HI/c1-17-16(19-14-10-13-5-6-15(14)22-13)18-11-12-4-3-7-20(12)8-9-21-2;/h12-15H,3-11H2,1-2H3,(H2,17,18,19);1H. The van der Waals surface area contributed by atoms with Crippen LogP contribution in [0.4, 0.5) is 0 Å². The molecule has 0 spiro atoms. The molecule has 23 heavy (non-hydrogen) atoms. The van der Waals surface area contributed by atoms with E-state index in [9.17, 15) is 0 Å². The first kappa shape index (κ1) is 19.2. The lowest BCUT2D eigenvalue weighted by atomic mass is 9.96. The van der Waals surface area contributed by atoms with Crippen LogP contribution in [0.2, 0.25) is 0 Å². The average molecular weight is 438 g/mol. The summed E-state index contributed by atoms with van der Waals surface area (Å²) in [6, 6.07) is 1.02. The number of hydrogen-bond donors (Lipinski definition) is 2. The summed E-state index contributed by atoms with van der Waals surface area (Å²) in [7, 11) is 3.62. The number of halogens is 1. The van der Waals surface area contributed by atoms with Gasteiger partial charge in [0.1, 0.15) is 0 Å². The second-order valence-electron chi connectivity index (χ2n) is 6.64. The van der Waals surface area contributed by atoms with Crippen molar-refractivity contribution in [2.24, 2.45) is 4.99 Å². The largest absolute Gasteiger partial charge is 0.383 e. The van der Waals surface area contributed by atoms with Crippen LogP contribution in [0.25, 0.3) is 0 Å². The zero-order valence-corrected chi connectivity index (χ0v) is 16.6. The Hall–Kier alpha value is -0.120. The minimum absolute atomic E-state index is 0. The summed E-state index contributed by atoms with van der Waals surface area (Å²) in [5.41, 5.74) is 0. The predicted molar refractivity (Wildman–Crippen MR) is 103 cm³/mol. The van der Waals surface area contributed by atoms with Gasteiger partial charge in [0.2, 0.25) is 0 Å². The number of nitrogens with zero attached hydrogens (tertiary/aromatic N) is 2. The first-order chi connectivity index (χ1) is 10.8. The van der Waals surface area contributed by atoms with Gasteiger partial charge in [0.05, 0.1) is 24.9 Å². The zero-order valence-electron chi connectivity index (χ0n) is 14.3. The molecule has 3 fully saturated rings. The van der Waals surface area contributed by atoms with E-state index in [1.54, 1.807) is 7.11 Å². The minimum Gasteiger partial charge on any atom is -0.383 e. The summed E-state index contributed by atoms with van der Waals surface area (Å²) in [5.74, 6) is 0.916. The van der Waals surface area contributed by atoms with Crippen molar-refractivity contribution in [2.45, 2.75) is 56.4 Å². The Bertz CT molecular complexity index is 396. The Morgan fingerprint density at radius 2 is 2.22 bits per heavy atom. The van der Waals surface area contributed by atoms with Gasteiger partial charge in [0.25, 0.3) is 0 Å². The van der Waals surface area contributed by atoms with Gasteiger partial charge in [-0.2, -0.15) is 0 Å². The Kier molecular flexibility index (Phi) is 7.84. The highest BCUT2D eigenvalue weighted by Gasteiger charge is 2.41. The van der Waals surface area contributed by atoms with Crippen LogP contribution in [0.5, 0.6) is 0 Å². The molecule has 134 valence electrons. The number of ether oxygens (including phenoxy) is 2. The van der Waals surface area contributed by atoms with Gasteiger partial charge in [0, 0.05) is 33.3 Å². The molecule has 3 heterocycles. The van der Waals surface area contributed by atoms with E-state index in [1.807, 2.05) is 7.05 Å². The van der Waals surface area contributed by atoms with Crippen molar-refractivity contribution in [3.05, 3.63) is 0 Å². The Morgan fingerprint density at radius 3 is 2.87 bits per heavy atom. The maximum atomic E-state index is 5.90. The monoisotopic (exact) mass is 438 g/mol. The fourth-order valence-corrected chi connectivity index (χ4v) is 4.00. The molecule has 0 aromatic rings. The summed E-state index contributed by atoms with van der Waals surface area (Å²) in [4.78, 5) is 6.90. The lowest BCUT2D eigenvalue weighted by Crippen LogP contribution is -2.50. The van der Waals surface area contributed by atoms with Crippen LogP contribution in [-0.2, 0) is 9.47 Å². The number of fused-ring (bicyclic) bond motifs is 2. The van der Waals surface area contributed by atoms with Gasteiger partial charge in [0.15, 0.2) is 5.96 Å². The van der Waals surface area contributed by atoms with Crippen molar-refractivity contribution in [3.63, 3.8) is 0 Å². The van der Waals surface area contributed by atoms with E-state index in [4.69, 9.17) is 9.47 Å². The van der Waals surface area contributed by atoms with E-state index in [-0.39, 0.29) is 24.0 Å². The maximum Gasteiger partial charge on any atom is 0.191 e. The second-order valence-corrected chi connectivity index (χ2v) is 6.64. The molecule has 0 aliphatic carbocycles. The molecule has 6 nitrogen and oxygen atoms in total. The van der Waals surface area contributed by atoms with Gasteiger partial charge >= 0.3 is 0 Å². The molecule has 2 bridgehead atoms. The summed E-state index contributed by atoms with van der Waals surface area (Å²) in [6.07, 6.45) is 6.92. The number of aliphatic imine (C=N–C) groups is 1. The maximum absolute atomic E-state index is 5.90. The quantitative estimate of drug-likeness (QED) is 0.371. The van der Waals surface area contributed by atoms with Gasteiger partial charge in [-0.05, 0) is 38.6 Å². The number of rotatable bonds is 6. The number of hydrogen-bond acceptors (Lipinski definition) is 4. The van der Waals surface area contributed by atoms with Crippen molar-refractivity contribution < 1.29 is 9.47 Å². The van der Waals surface area contributed by atoms with Gasteiger partial charge in [-0.3, -0.25) is 9.89 Å². The van der Waals surface area contributed by atoms with E-state index < -0.39 is 0 Å². The highest BCUT2D eigenvalue weighted by molar-refractivity contribution is 14.0. The first-order valence-electron chi connectivity index (χ1n) is 8.65. The highest BCUT2D eigenvalue weighted by atomic mass is 127. The Labute approximate surface area is 156 Å². The molecule has 3 aliphatic rings. The normalized spacial score (nSPS) is 33.7. The molecule has 2 N–H and O–H groups in total. The molecule has 0 aromatic carbocycles. The molecule has 0 amide bonds. The predicted octanol–water partition coefficient (Wildman–Crippen LogP) is 1.20. The lowest BCUT2D eigenvalue weighted by molar-refractivity contribution is 0.0992. The SMILES string of the molecule is CN=C(NCC1CCCN1CCOC)NC1CC2CCC1O2.I. The smallest absolute Gasteiger partial charge is 0.191 e.